The molecular weight excluding hydrogens is 563 g/mol. The van der Waals surface area contributed by atoms with E-state index in [4.69, 9.17) is 21.2 Å². The SMILES string of the molecule is COc1ccc(-c2ccc(-c3cnn4c(N)c(C5CC5)c([C@H]5C[C@H]6CC[C@@H](C5)N6C(=O)c5nnc(N)[nH]5)nc34)cn2)cc1F. The number of fused-ring (bicyclic) bond motifs is 3. The quantitative estimate of drug-likeness (QED) is 0.259. The summed E-state index contributed by atoms with van der Waals surface area (Å²) in [5.74, 6) is 1.06. The van der Waals surface area contributed by atoms with Crippen LogP contribution in [0.15, 0.2) is 42.7 Å². The molecule has 1 saturated carbocycles. The Morgan fingerprint density at radius 3 is 2.41 bits per heavy atom. The predicted octanol–water partition coefficient (Wildman–Crippen LogP) is 4.32. The smallest absolute Gasteiger partial charge is 0.292 e. The average molecular weight is 595 g/mol. The van der Waals surface area contributed by atoms with Crippen LogP contribution in [0.4, 0.5) is 16.2 Å². The third-order valence-electron chi connectivity index (χ3n) is 9.32. The number of aromatic amines is 1. The van der Waals surface area contributed by atoms with Crippen LogP contribution in [0.25, 0.3) is 28.0 Å². The van der Waals surface area contributed by atoms with Crippen molar-refractivity contribution in [3.63, 3.8) is 0 Å². The van der Waals surface area contributed by atoms with E-state index in [0.29, 0.717) is 28.6 Å². The number of nitrogens with zero attached hydrogens (tertiary/aromatic N) is 7. The lowest BCUT2D eigenvalue weighted by molar-refractivity contribution is 0.0557. The summed E-state index contributed by atoms with van der Waals surface area (Å²) < 4.78 is 21.1. The van der Waals surface area contributed by atoms with Gasteiger partial charge in [-0.05, 0) is 68.7 Å². The molecule has 6 heterocycles. The largest absolute Gasteiger partial charge is 0.494 e. The van der Waals surface area contributed by atoms with E-state index in [9.17, 15) is 9.18 Å². The summed E-state index contributed by atoms with van der Waals surface area (Å²) in [6.45, 7) is 0. The topological polar surface area (TPSA) is 166 Å². The zero-order chi connectivity index (χ0) is 30.1. The average Bonchev–Trinajstić information content (AvgIpc) is 3.52. The number of aromatic nitrogens is 7. The Morgan fingerprint density at radius 1 is 1.00 bits per heavy atom. The van der Waals surface area contributed by atoms with Gasteiger partial charge in [0, 0.05) is 46.5 Å². The number of ether oxygens (including phenoxy) is 1. The first-order chi connectivity index (χ1) is 21.4. The number of hydrogen-bond acceptors (Lipinski definition) is 9. The van der Waals surface area contributed by atoms with Crippen LogP contribution in [-0.2, 0) is 0 Å². The van der Waals surface area contributed by atoms with E-state index in [2.05, 4.69) is 25.3 Å². The van der Waals surface area contributed by atoms with Crippen molar-refractivity contribution in [2.75, 3.05) is 18.6 Å². The number of benzene rings is 1. The highest BCUT2D eigenvalue weighted by molar-refractivity contribution is 5.91. The molecule has 3 aliphatic rings. The van der Waals surface area contributed by atoms with Gasteiger partial charge in [-0.25, -0.2) is 9.37 Å². The van der Waals surface area contributed by atoms with Crippen molar-refractivity contribution in [3.8, 4) is 28.1 Å². The molecule has 12 nitrogen and oxygen atoms in total. The number of piperidine rings is 1. The maximum absolute atomic E-state index is 14.3. The van der Waals surface area contributed by atoms with Gasteiger partial charge in [-0.2, -0.15) is 9.61 Å². The number of halogens is 1. The molecule has 44 heavy (non-hydrogen) atoms. The summed E-state index contributed by atoms with van der Waals surface area (Å²) in [5, 5.41) is 12.3. The lowest BCUT2D eigenvalue weighted by Gasteiger charge is -2.39. The number of hydrogen-bond donors (Lipinski definition) is 3. The maximum Gasteiger partial charge on any atom is 0.292 e. The highest BCUT2D eigenvalue weighted by atomic mass is 19.1. The molecule has 2 saturated heterocycles. The van der Waals surface area contributed by atoms with Crippen LogP contribution in [-0.4, -0.2) is 64.8 Å². The fraction of sp³-hybridized carbons (Fsp3) is 0.355. The lowest BCUT2D eigenvalue weighted by Crippen LogP contribution is -2.46. The number of nitrogens with two attached hydrogens (primary N) is 2. The third kappa shape index (κ3) is 4.25. The van der Waals surface area contributed by atoms with Gasteiger partial charge >= 0.3 is 0 Å². The molecular formula is C31H31FN10O2. The molecule has 3 fully saturated rings. The molecule has 5 aromatic rings. The van der Waals surface area contributed by atoms with Gasteiger partial charge < -0.3 is 26.1 Å². The van der Waals surface area contributed by atoms with Crippen molar-refractivity contribution < 1.29 is 13.9 Å². The zero-order valence-corrected chi connectivity index (χ0v) is 24.1. The van der Waals surface area contributed by atoms with Crippen LogP contribution in [0, 0.1) is 5.82 Å². The standard InChI is InChI=1S/C31H31FN10O2/c1-44-24-9-5-16(12-22(24)32)23-8-4-17(13-35-23)21-14-36-42-27(33)25(15-2-3-15)26(37-29(21)42)18-10-19-6-7-20(11-18)41(19)30(43)28-38-31(34)40-39-28/h4-5,8-9,12-15,18-20H,2-3,6-7,10-11,33H2,1H3,(H3,34,38,39,40)/t18-,19+,20-. The molecule has 8 rings (SSSR count). The van der Waals surface area contributed by atoms with Crippen LogP contribution < -0.4 is 16.2 Å². The number of nitrogen functional groups attached to an aromatic ring is 2. The molecule has 13 heteroatoms. The Hall–Kier alpha value is -5.07. The van der Waals surface area contributed by atoms with Gasteiger partial charge in [0.05, 0.1) is 24.7 Å². The molecule has 0 unspecified atom stereocenters. The van der Waals surface area contributed by atoms with Crippen LogP contribution in [0.3, 0.4) is 0 Å². The molecule has 1 amide bonds. The number of carbonyl (C=O) groups is 1. The fourth-order valence-corrected chi connectivity index (χ4v) is 7.13. The molecule has 224 valence electrons. The van der Waals surface area contributed by atoms with Crippen molar-refractivity contribution >= 4 is 23.3 Å². The second kappa shape index (κ2) is 10.00. The second-order valence-electron chi connectivity index (χ2n) is 12.0. The number of pyridine rings is 1. The van der Waals surface area contributed by atoms with Crippen molar-refractivity contribution in [3.05, 3.63) is 65.6 Å². The van der Waals surface area contributed by atoms with Crippen molar-refractivity contribution in [1.82, 2.24) is 39.7 Å². The summed E-state index contributed by atoms with van der Waals surface area (Å²) >= 11 is 0. The minimum absolute atomic E-state index is 0.0767. The number of carbonyl (C=O) groups excluding carboxylic acids is 1. The second-order valence-corrected chi connectivity index (χ2v) is 12.0. The molecule has 0 radical (unpaired) electrons. The number of methoxy groups -OCH3 is 1. The van der Waals surface area contributed by atoms with E-state index in [1.54, 1.807) is 29.0 Å². The van der Waals surface area contributed by atoms with Gasteiger partial charge in [0.2, 0.25) is 11.8 Å². The Balaban J connectivity index is 1.13. The summed E-state index contributed by atoms with van der Waals surface area (Å²) in [6.07, 6.45) is 9.14. The van der Waals surface area contributed by atoms with Gasteiger partial charge in [-0.3, -0.25) is 9.78 Å². The van der Waals surface area contributed by atoms with E-state index in [1.807, 2.05) is 17.0 Å². The van der Waals surface area contributed by atoms with Crippen LogP contribution in [0.1, 0.15) is 72.2 Å². The monoisotopic (exact) mass is 594 g/mol. The molecule has 2 bridgehead atoms. The number of amides is 1. The summed E-state index contributed by atoms with van der Waals surface area (Å²) in [5.41, 5.74) is 18.3. The molecule has 1 aliphatic carbocycles. The number of H-pyrrole nitrogens is 1. The van der Waals surface area contributed by atoms with Crippen molar-refractivity contribution in [2.24, 2.45) is 0 Å². The Kier molecular flexibility index (Phi) is 6.03. The number of nitrogens with one attached hydrogen (secondary N) is 1. The van der Waals surface area contributed by atoms with Gasteiger partial charge in [-0.1, -0.05) is 6.07 Å². The van der Waals surface area contributed by atoms with Gasteiger partial charge in [0.25, 0.3) is 5.91 Å². The molecule has 5 N–H and O–H groups in total. The maximum atomic E-state index is 14.3. The van der Waals surface area contributed by atoms with Crippen LogP contribution in [0.5, 0.6) is 5.75 Å². The van der Waals surface area contributed by atoms with E-state index in [1.165, 1.54) is 13.2 Å². The van der Waals surface area contributed by atoms with E-state index < -0.39 is 5.82 Å². The predicted molar refractivity (Wildman–Crippen MR) is 160 cm³/mol. The molecule has 2 aliphatic heterocycles. The summed E-state index contributed by atoms with van der Waals surface area (Å²) in [7, 11) is 1.44. The Morgan fingerprint density at radius 2 is 1.77 bits per heavy atom. The fourth-order valence-electron chi connectivity index (χ4n) is 7.13. The third-order valence-corrected chi connectivity index (χ3v) is 9.32. The Bertz CT molecular complexity index is 1900. The highest BCUT2D eigenvalue weighted by Gasteiger charge is 2.46. The first-order valence-electron chi connectivity index (χ1n) is 14.9. The summed E-state index contributed by atoms with van der Waals surface area (Å²) in [6, 6.07) is 8.73. The molecule has 1 aromatic carbocycles. The minimum atomic E-state index is -0.441. The van der Waals surface area contributed by atoms with Gasteiger partial charge in [0.1, 0.15) is 5.82 Å². The van der Waals surface area contributed by atoms with Gasteiger partial charge in [-0.15, -0.1) is 10.2 Å². The van der Waals surface area contributed by atoms with E-state index >= 15 is 0 Å². The van der Waals surface area contributed by atoms with E-state index in [-0.39, 0.29) is 41.4 Å². The Labute approximate surface area is 251 Å². The first-order valence-corrected chi connectivity index (χ1v) is 14.9. The van der Waals surface area contributed by atoms with Gasteiger partial charge in [0.15, 0.2) is 17.2 Å². The van der Waals surface area contributed by atoms with E-state index in [0.717, 1.165) is 60.9 Å². The molecule has 0 spiro atoms. The minimum Gasteiger partial charge on any atom is -0.494 e. The highest BCUT2D eigenvalue weighted by Crippen LogP contribution is 2.50. The number of anilines is 2. The zero-order valence-electron chi connectivity index (χ0n) is 24.1. The molecule has 4 aromatic heterocycles. The first kappa shape index (κ1) is 26.5. The summed E-state index contributed by atoms with van der Waals surface area (Å²) in [4.78, 5) is 28.0. The lowest BCUT2D eigenvalue weighted by atomic mass is 9.85. The van der Waals surface area contributed by atoms with Crippen LogP contribution in [0.2, 0.25) is 0 Å². The van der Waals surface area contributed by atoms with Crippen LogP contribution >= 0.6 is 0 Å². The molecule has 3 atom stereocenters. The van der Waals surface area contributed by atoms with Crippen molar-refractivity contribution in [2.45, 2.75) is 62.4 Å². The van der Waals surface area contributed by atoms with Crippen molar-refractivity contribution in [1.29, 1.82) is 0 Å². The number of rotatable bonds is 6. The normalized spacial score (nSPS) is 21.2.